The van der Waals surface area contributed by atoms with Crippen LogP contribution in [0.4, 0.5) is 28.9 Å². The first kappa shape index (κ1) is 16.3. The Labute approximate surface area is 131 Å². The summed E-state index contributed by atoms with van der Waals surface area (Å²) in [7, 11) is 0. The molecule has 0 aliphatic heterocycles. The Bertz CT molecular complexity index is 731. The molecular formula is C14H9BrF4N2O. The van der Waals surface area contributed by atoms with Gasteiger partial charge in [-0.05, 0) is 52.3 Å². The molecular weight excluding hydrogens is 368 g/mol. The van der Waals surface area contributed by atoms with Crippen molar-refractivity contribution in [2.75, 3.05) is 11.1 Å². The maximum atomic E-state index is 13.2. The number of nitrogens with one attached hydrogen (secondary N) is 1. The third kappa shape index (κ3) is 3.56. The fraction of sp³-hybridized carbons (Fsp3) is 0.0714. The van der Waals surface area contributed by atoms with E-state index in [-0.39, 0.29) is 11.3 Å². The summed E-state index contributed by atoms with van der Waals surface area (Å²) in [5.41, 5.74) is 3.64. The van der Waals surface area contributed by atoms with Crippen LogP contribution < -0.4 is 11.1 Å². The van der Waals surface area contributed by atoms with Crippen LogP contribution in [0, 0.1) is 5.82 Å². The normalized spacial score (nSPS) is 11.3. The highest BCUT2D eigenvalue weighted by molar-refractivity contribution is 9.10. The lowest BCUT2D eigenvalue weighted by atomic mass is 10.1. The molecule has 0 saturated heterocycles. The number of carbonyl (C=O) groups excluding carboxylic acids is 1. The van der Waals surface area contributed by atoms with Crippen molar-refractivity contribution in [1.29, 1.82) is 0 Å². The second kappa shape index (κ2) is 5.96. The summed E-state index contributed by atoms with van der Waals surface area (Å²) in [6, 6.07) is 6.44. The molecule has 0 aromatic heterocycles. The van der Waals surface area contributed by atoms with Crippen LogP contribution in [0.15, 0.2) is 40.9 Å². The third-order valence-electron chi connectivity index (χ3n) is 2.79. The standard InChI is InChI=1S/C14H9BrF4N2O/c15-11-3-1-7(16)5-9(11)13(22)21-8-2-4-12(20)10(6-8)14(17,18)19/h1-6H,20H2,(H,21,22). The molecule has 0 aliphatic rings. The number of benzene rings is 2. The number of hydrogen-bond acceptors (Lipinski definition) is 2. The summed E-state index contributed by atoms with van der Waals surface area (Å²) >= 11 is 3.07. The SMILES string of the molecule is Nc1ccc(NC(=O)c2cc(F)ccc2Br)cc1C(F)(F)F. The molecule has 2 aromatic carbocycles. The molecule has 0 radical (unpaired) electrons. The van der Waals surface area contributed by atoms with Gasteiger partial charge in [0.25, 0.3) is 5.91 Å². The molecule has 0 unspecified atom stereocenters. The Balaban J connectivity index is 2.31. The number of alkyl halides is 3. The van der Waals surface area contributed by atoms with E-state index in [1.807, 2.05) is 0 Å². The molecule has 116 valence electrons. The first-order chi connectivity index (χ1) is 10.2. The van der Waals surface area contributed by atoms with Crippen molar-refractivity contribution >= 4 is 33.2 Å². The van der Waals surface area contributed by atoms with Crippen LogP contribution in [0.2, 0.25) is 0 Å². The number of amides is 1. The molecule has 1 amide bonds. The highest BCUT2D eigenvalue weighted by atomic mass is 79.9. The lowest BCUT2D eigenvalue weighted by molar-refractivity contribution is -0.136. The van der Waals surface area contributed by atoms with Gasteiger partial charge < -0.3 is 11.1 Å². The van der Waals surface area contributed by atoms with Crippen LogP contribution >= 0.6 is 15.9 Å². The molecule has 2 aromatic rings. The molecule has 0 spiro atoms. The predicted molar refractivity (Wildman–Crippen MR) is 77.9 cm³/mol. The number of anilines is 2. The van der Waals surface area contributed by atoms with Crippen LogP contribution in [-0.4, -0.2) is 5.91 Å². The fourth-order valence-electron chi connectivity index (χ4n) is 1.75. The Morgan fingerprint density at radius 1 is 1.14 bits per heavy atom. The highest BCUT2D eigenvalue weighted by Gasteiger charge is 2.33. The van der Waals surface area contributed by atoms with Gasteiger partial charge in [0.15, 0.2) is 0 Å². The fourth-order valence-corrected chi connectivity index (χ4v) is 2.18. The molecule has 0 heterocycles. The van der Waals surface area contributed by atoms with Crippen molar-refractivity contribution in [2.45, 2.75) is 6.18 Å². The second-order valence-corrected chi connectivity index (χ2v) is 5.23. The number of nitrogens with two attached hydrogens (primary N) is 1. The van der Waals surface area contributed by atoms with Crippen molar-refractivity contribution < 1.29 is 22.4 Å². The molecule has 0 fully saturated rings. The van der Waals surface area contributed by atoms with E-state index in [4.69, 9.17) is 5.73 Å². The smallest absolute Gasteiger partial charge is 0.398 e. The first-order valence-corrected chi connectivity index (χ1v) is 6.71. The van der Waals surface area contributed by atoms with Crippen LogP contribution in [0.25, 0.3) is 0 Å². The first-order valence-electron chi connectivity index (χ1n) is 5.91. The molecule has 2 rings (SSSR count). The molecule has 8 heteroatoms. The lowest BCUT2D eigenvalue weighted by Gasteiger charge is -2.13. The maximum absolute atomic E-state index is 13.2. The highest BCUT2D eigenvalue weighted by Crippen LogP contribution is 2.35. The van der Waals surface area contributed by atoms with E-state index >= 15 is 0 Å². The van der Waals surface area contributed by atoms with Crippen molar-refractivity contribution in [2.24, 2.45) is 0 Å². The summed E-state index contributed by atoms with van der Waals surface area (Å²) in [6.07, 6.45) is -4.63. The monoisotopic (exact) mass is 376 g/mol. The molecule has 3 N–H and O–H groups in total. The Morgan fingerprint density at radius 3 is 2.45 bits per heavy atom. The van der Waals surface area contributed by atoms with Gasteiger partial charge in [0.05, 0.1) is 11.1 Å². The average molecular weight is 377 g/mol. The number of nitrogen functional groups attached to an aromatic ring is 1. The van der Waals surface area contributed by atoms with Crippen LogP contribution in [0.5, 0.6) is 0 Å². The Hall–Kier alpha value is -2.09. The van der Waals surface area contributed by atoms with Gasteiger partial charge in [0, 0.05) is 15.8 Å². The van der Waals surface area contributed by atoms with Gasteiger partial charge in [0.1, 0.15) is 5.82 Å². The van der Waals surface area contributed by atoms with E-state index in [1.54, 1.807) is 0 Å². The largest absolute Gasteiger partial charge is 0.418 e. The van der Waals surface area contributed by atoms with Gasteiger partial charge in [-0.3, -0.25) is 4.79 Å². The van der Waals surface area contributed by atoms with Gasteiger partial charge in [-0.15, -0.1) is 0 Å². The quantitative estimate of drug-likeness (QED) is 0.601. The minimum atomic E-state index is -4.63. The summed E-state index contributed by atoms with van der Waals surface area (Å²) in [6.45, 7) is 0. The average Bonchev–Trinajstić information content (AvgIpc) is 2.42. The van der Waals surface area contributed by atoms with E-state index in [0.29, 0.717) is 4.47 Å². The number of carbonyl (C=O) groups is 1. The van der Waals surface area contributed by atoms with E-state index in [1.165, 1.54) is 12.1 Å². The molecule has 0 bridgehead atoms. The topological polar surface area (TPSA) is 55.1 Å². The summed E-state index contributed by atoms with van der Waals surface area (Å²) in [5.74, 6) is -1.38. The zero-order valence-corrected chi connectivity index (χ0v) is 12.4. The van der Waals surface area contributed by atoms with E-state index in [9.17, 15) is 22.4 Å². The van der Waals surface area contributed by atoms with Gasteiger partial charge in [-0.25, -0.2) is 4.39 Å². The summed E-state index contributed by atoms with van der Waals surface area (Å²) in [5, 5.41) is 2.27. The zero-order valence-electron chi connectivity index (χ0n) is 10.8. The minimum absolute atomic E-state index is 0.0367. The van der Waals surface area contributed by atoms with E-state index in [0.717, 1.165) is 24.3 Å². The van der Waals surface area contributed by atoms with E-state index < -0.39 is 29.2 Å². The maximum Gasteiger partial charge on any atom is 0.418 e. The number of halogens is 5. The van der Waals surface area contributed by atoms with Gasteiger partial charge in [-0.1, -0.05) is 0 Å². The molecule has 0 atom stereocenters. The third-order valence-corrected chi connectivity index (χ3v) is 3.48. The van der Waals surface area contributed by atoms with Crippen molar-refractivity contribution in [3.8, 4) is 0 Å². The molecule has 3 nitrogen and oxygen atoms in total. The molecule has 0 aliphatic carbocycles. The zero-order chi connectivity index (χ0) is 16.5. The molecule has 0 saturated carbocycles. The van der Waals surface area contributed by atoms with Gasteiger partial charge >= 0.3 is 6.18 Å². The number of hydrogen-bond donors (Lipinski definition) is 2. The Morgan fingerprint density at radius 2 is 1.82 bits per heavy atom. The predicted octanol–water partition coefficient (Wildman–Crippen LogP) is 4.44. The minimum Gasteiger partial charge on any atom is -0.398 e. The van der Waals surface area contributed by atoms with Crippen LogP contribution in [-0.2, 0) is 6.18 Å². The second-order valence-electron chi connectivity index (χ2n) is 4.38. The van der Waals surface area contributed by atoms with Gasteiger partial charge in [0.2, 0.25) is 0 Å². The van der Waals surface area contributed by atoms with Crippen molar-refractivity contribution in [3.05, 3.63) is 57.8 Å². The van der Waals surface area contributed by atoms with Crippen LogP contribution in [0.1, 0.15) is 15.9 Å². The van der Waals surface area contributed by atoms with Crippen molar-refractivity contribution in [1.82, 2.24) is 0 Å². The van der Waals surface area contributed by atoms with Crippen molar-refractivity contribution in [3.63, 3.8) is 0 Å². The van der Waals surface area contributed by atoms with Gasteiger partial charge in [-0.2, -0.15) is 13.2 Å². The van der Waals surface area contributed by atoms with E-state index in [2.05, 4.69) is 21.2 Å². The van der Waals surface area contributed by atoms with Crippen LogP contribution in [0.3, 0.4) is 0 Å². The summed E-state index contributed by atoms with van der Waals surface area (Å²) in [4.78, 5) is 12.0. The lowest BCUT2D eigenvalue weighted by Crippen LogP contribution is -2.15. The summed E-state index contributed by atoms with van der Waals surface area (Å²) < 4.78 is 51.7. The Kier molecular flexibility index (Phi) is 4.41. The molecule has 22 heavy (non-hydrogen) atoms. The number of rotatable bonds is 2.